The van der Waals surface area contributed by atoms with Gasteiger partial charge in [0.2, 0.25) is 0 Å². The van der Waals surface area contributed by atoms with Crippen LogP contribution < -0.4 is 9.86 Å². The lowest BCUT2D eigenvalue weighted by atomic mass is 10.3. The van der Waals surface area contributed by atoms with E-state index in [-0.39, 0.29) is 0 Å². The van der Waals surface area contributed by atoms with Crippen molar-refractivity contribution >= 4 is 21.6 Å². The van der Waals surface area contributed by atoms with Gasteiger partial charge in [0.15, 0.2) is 0 Å². The van der Waals surface area contributed by atoms with Crippen molar-refractivity contribution in [3.05, 3.63) is 34.1 Å². The fourth-order valence-corrected chi connectivity index (χ4v) is 1.37. The van der Waals surface area contributed by atoms with E-state index >= 15 is 0 Å². The van der Waals surface area contributed by atoms with Crippen molar-refractivity contribution in [3.63, 3.8) is 0 Å². The van der Waals surface area contributed by atoms with Crippen molar-refractivity contribution in [3.8, 4) is 0 Å². The second kappa shape index (κ2) is 3.79. The molecular weight excluding hydrogens is 229 g/mol. The lowest BCUT2D eigenvalue weighted by Crippen LogP contribution is -2.22. The van der Waals surface area contributed by atoms with Crippen LogP contribution >= 0.6 is 0 Å². The van der Waals surface area contributed by atoms with E-state index in [1.807, 2.05) is 0 Å². The molecule has 0 atom stereocenters. The van der Waals surface area contributed by atoms with Gasteiger partial charge in [-0.1, -0.05) is 0 Å². The summed E-state index contributed by atoms with van der Waals surface area (Å²) >= 11 is 0. The van der Waals surface area contributed by atoms with E-state index in [0.717, 1.165) is 12.1 Å². The van der Waals surface area contributed by atoms with Crippen LogP contribution in [-0.4, -0.2) is 13.3 Å². The topological polar surface area (TPSA) is 115 Å². The van der Waals surface area contributed by atoms with E-state index in [4.69, 9.17) is 0 Å². The SMILES string of the molecule is NS(=O)(=O)Nc1cc(F)ccc1[N+](=O)[O-]. The maximum atomic E-state index is 12.7. The minimum atomic E-state index is -4.17. The molecule has 0 spiro atoms. The van der Waals surface area contributed by atoms with Gasteiger partial charge in [0, 0.05) is 12.1 Å². The molecule has 0 amide bonds. The summed E-state index contributed by atoms with van der Waals surface area (Å²) in [5.74, 6) is -0.813. The number of nitro benzene ring substituents is 1. The molecule has 0 radical (unpaired) electrons. The van der Waals surface area contributed by atoms with Crippen LogP contribution in [-0.2, 0) is 10.2 Å². The summed E-state index contributed by atoms with van der Waals surface area (Å²) < 4.78 is 35.5. The zero-order valence-corrected chi connectivity index (χ0v) is 7.99. The van der Waals surface area contributed by atoms with Crippen LogP contribution in [0.1, 0.15) is 0 Å². The van der Waals surface area contributed by atoms with Crippen LogP contribution in [0.5, 0.6) is 0 Å². The summed E-state index contributed by atoms with van der Waals surface area (Å²) in [7, 11) is -4.17. The molecule has 15 heavy (non-hydrogen) atoms. The number of nitrogens with two attached hydrogens (primary N) is 1. The highest BCUT2D eigenvalue weighted by Gasteiger charge is 2.17. The zero-order chi connectivity index (χ0) is 11.6. The summed E-state index contributed by atoms with van der Waals surface area (Å²) in [6.07, 6.45) is 0. The molecule has 0 aliphatic rings. The monoisotopic (exact) mass is 235 g/mol. The van der Waals surface area contributed by atoms with Gasteiger partial charge in [0.1, 0.15) is 11.5 Å². The van der Waals surface area contributed by atoms with Crippen LogP contribution in [0.25, 0.3) is 0 Å². The van der Waals surface area contributed by atoms with Crippen molar-refractivity contribution in [2.24, 2.45) is 5.14 Å². The number of rotatable bonds is 3. The number of hydrogen-bond donors (Lipinski definition) is 2. The van der Waals surface area contributed by atoms with E-state index in [0.29, 0.717) is 6.07 Å². The quantitative estimate of drug-likeness (QED) is 0.580. The van der Waals surface area contributed by atoms with E-state index in [9.17, 15) is 22.9 Å². The molecule has 0 bridgehead atoms. The van der Waals surface area contributed by atoms with Gasteiger partial charge in [-0.05, 0) is 6.07 Å². The molecule has 0 saturated carbocycles. The number of halogens is 1. The van der Waals surface area contributed by atoms with Gasteiger partial charge in [0.05, 0.1) is 4.92 Å². The smallest absolute Gasteiger partial charge is 0.264 e. The summed E-state index contributed by atoms with van der Waals surface area (Å²) in [6, 6.07) is 2.35. The van der Waals surface area contributed by atoms with Gasteiger partial charge in [-0.3, -0.25) is 14.8 Å². The van der Waals surface area contributed by atoms with Crippen molar-refractivity contribution in [2.45, 2.75) is 0 Å². The van der Waals surface area contributed by atoms with E-state index in [1.165, 1.54) is 0 Å². The average Bonchev–Trinajstić information content (AvgIpc) is 1.99. The number of nitrogens with one attached hydrogen (secondary N) is 1. The first-order chi connectivity index (χ1) is 6.79. The Hall–Kier alpha value is -1.74. The summed E-state index contributed by atoms with van der Waals surface area (Å²) in [5.41, 5.74) is -1.09. The normalized spacial score (nSPS) is 11.1. The van der Waals surface area contributed by atoms with Crippen molar-refractivity contribution in [1.82, 2.24) is 0 Å². The Bertz CT molecular complexity index is 501. The number of benzene rings is 1. The Labute approximate surface area is 84.0 Å². The minimum absolute atomic E-state index is 0.512. The second-order valence-electron chi connectivity index (χ2n) is 2.57. The first kappa shape index (κ1) is 11.3. The lowest BCUT2D eigenvalue weighted by Gasteiger charge is -2.03. The van der Waals surface area contributed by atoms with Crippen LogP contribution in [0, 0.1) is 15.9 Å². The molecule has 1 aromatic rings. The number of nitrogens with zero attached hydrogens (tertiary/aromatic N) is 1. The van der Waals surface area contributed by atoms with Crippen LogP contribution in [0.15, 0.2) is 18.2 Å². The van der Waals surface area contributed by atoms with Gasteiger partial charge in [0.25, 0.3) is 15.9 Å². The second-order valence-corrected chi connectivity index (χ2v) is 3.86. The van der Waals surface area contributed by atoms with Gasteiger partial charge < -0.3 is 0 Å². The molecule has 82 valence electrons. The first-order valence-electron chi connectivity index (χ1n) is 3.54. The molecule has 9 heteroatoms. The van der Waals surface area contributed by atoms with Crippen LogP contribution in [0.4, 0.5) is 15.8 Å². The molecule has 0 aliphatic carbocycles. The highest BCUT2D eigenvalue weighted by atomic mass is 32.2. The predicted octanol–water partition coefficient (Wildman–Crippen LogP) is 0.349. The average molecular weight is 235 g/mol. The fourth-order valence-electron chi connectivity index (χ4n) is 0.902. The molecule has 3 N–H and O–H groups in total. The molecular formula is C6H6FN3O4S. The molecule has 1 aromatic carbocycles. The Morgan fingerprint density at radius 2 is 2.07 bits per heavy atom. The molecule has 0 fully saturated rings. The summed E-state index contributed by atoms with van der Waals surface area (Å²) in [5, 5.41) is 15.0. The molecule has 7 nitrogen and oxygen atoms in total. The van der Waals surface area contributed by atoms with E-state index < -0.39 is 32.3 Å². The number of hydrogen-bond acceptors (Lipinski definition) is 4. The predicted molar refractivity (Wildman–Crippen MR) is 49.8 cm³/mol. The molecule has 0 unspecified atom stereocenters. The maximum Gasteiger partial charge on any atom is 0.296 e. The highest BCUT2D eigenvalue weighted by Crippen LogP contribution is 2.25. The van der Waals surface area contributed by atoms with Gasteiger partial charge >= 0.3 is 0 Å². The summed E-state index contributed by atoms with van der Waals surface area (Å²) in [4.78, 5) is 9.57. The van der Waals surface area contributed by atoms with Crippen molar-refractivity contribution in [1.29, 1.82) is 0 Å². The maximum absolute atomic E-state index is 12.7. The third-order valence-electron chi connectivity index (χ3n) is 1.41. The van der Waals surface area contributed by atoms with Crippen LogP contribution in [0.2, 0.25) is 0 Å². The molecule has 0 aromatic heterocycles. The Kier molecular flexibility index (Phi) is 2.86. The number of anilines is 1. The van der Waals surface area contributed by atoms with Crippen molar-refractivity contribution < 1.29 is 17.7 Å². The lowest BCUT2D eigenvalue weighted by molar-refractivity contribution is -0.383. The Morgan fingerprint density at radius 3 is 2.53 bits per heavy atom. The van der Waals surface area contributed by atoms with Gasteiger partial charge in [-0.15, -0.1) is 0 Å². The minimum Gasteiger partial charge on any atom is -0.264 e. The van der Waals surface area contributed by atoms with Gasteiger partial charge in [-0.2, -0.15) is 8.42 Å². The Balaban J connectivity index is 3.25. The number of nitro groups is 1. The zero-order valence-electron chi connectivity index (χ0n) is 7.18. The van der Waals surface area contributed by atoms with Gasteiger partial charge in [-0.25, -0.2) is 9.53 Å². The molecule has 0 heterocycles. The summed E-state index contributed by atoms with van der Waals surface area (Å²) in [6.45, 7) is 0. The standard InChI is InChI=1S/C6H6FN3O4S/c7-4-1-2-6(10(11)12)5(3-4)9-15(8,13)14/h1-3,9H,(H2,8,13,14). The van der Waals surface area contributed by atoms with E-state index in [1.54, 1.807) is 4.72 Å². The largest absolute Gasteiger partial charge is 0.296 e. The fraction of sp³-hybridized carbons (Fsp3) is 0. The Morgan fingerprint density at radius 1 is 1.47 bits per heavy atom. The first-order valence-corrected chi connectivity index (χ1v) is 5.09. The molecule has 0 saturated heterocycles. The van der Waals surface area contributed by atoms with Crippen LogP contribution in [0.3, 0.4) is 0 Å². The van der Waals surface area contributed by atoms with E-state index in [2.05, 4.69) is 5.14 Å². The van der Waals surface area contributed by atoms with Crippen molar-refractivity contribution in [2.75, 3.05) is 4.72 Å². The molecule has 0 aliphatic heterocycles. The molecule has 1 rings (SSSR count). The highest BCUT2D eigenvalue weighted by molar-refractivity contribution is 7.90. The third-order valence-corrected chi connectivity index (χ3v) is 1.91. The third kappa shape index (κ3) is 3.14.